The van der Waals surface area contributed by atoms with Gasteiger partial charge in [-0.15, -0.1) is 6.42 Å². The van der Waals surface area contributed by atoms with Crippen LogP contribution in [0.4, 0.5) is 14.6 Å². The van der Waals surface area contributed by atoms with Crippen molar-refractivity contribution in [2.24, 2.45) is 0 Å². The predicted octanol–water partition coefficient (Wildman–Crippen LogP) is 5.56. The number of ether oxygens (including phenoxy) is 2. The number of hydrogen-bond acceptors (Lipinski definition) is 9. The van der Waals surface area contributed by atoms with Crippen LogP contribution in [-0.2, 0) is 0 Å². The quantitative estimate of drug-likeness (QED) is 0.257. The number of benzene rings is 2. The summed E-state index contributed by atoms with van der Waals surface area (Å²) in [5, 5.41) is 11.6. The molecule has 2 aromatic carbocycles. The average molecular weight is 656 g/mol. The van der Waals surface area contributed by atoms with Crippen molar-refractivity contribution in [2.75, 3.05) is 44.7 Å². The third-order valence-electron chi connectivity index (χ3n) is 11.7. The van der Waals surface area contributed by atoms with E-state index >= 15 is 0 Å². The third kappa shape index (κ3) is 4.69. The van der Waals surface area contributed by atoms with Gasteiger partial charge in [0.15, 0.2) is 11.5 Å². The SMILES string of the molecule is C#Cc1c(F)ccc2cc(O)cc(Oc3nc4nc(OC[C@@]56CCCN5C[C@H](F)C6)nc(N5CC6CCC(C5)N6C)c4n3C3CCC3)c12. The van der Waals surface area contributed by atoms with Crippen LogP contribution in [0.1, 0.15) is 63.0 Å². The Morgan fingerprint density at radius 3 is 2.60 bits per heavy atom. The molecule has 2 aromatic heterocycles. The molecule has 4 atom stereocenters. The molecule has 6 heterocycles. The highest BCUT2D eigenvalue weighted by Crippen LogP contribution is 2.45. The van der Waals surface area contributed by atoms with E-state index in [1.54, 1.807) is 6.07 Å². The van der Waals surface area contributed by atoms with Gasteiger partial charge in [0.05, 0.1) is 11.1 Å². The Morgan fingerprint density at radius 2 is 1.85 bits per heavy atom. The Kier molecular flexibility index (Phi) is 6.96. The van der Waals surface area contributed by atoms with Crippen molar-refractivity contribution in [2.45, 2.75) is 81.2 Å². The average Bonchev–Trinajstić information content (AvgIpc) is 3.72. The Morgan fingerprint density at radius 1 is 1.04 bits per heavy atom. The molecule has 0 amide bonds. The largest absolute Gasteiger partial charge is 0.508 e. The molecule has 250 valence electrons. The Labute approximate surface area is 277 Å². The number of piperazine rings is 1. The van der Waals surface area contributed by atoms with Crippen LogP contribution in [-0.4, -0.2) is 98.1 Å². The summed E-state index contributed by atoms with van der Waals surface area (Å²) in [5.41, 5.74) is 0.918. The van der Waals surface area contributed by atoms with Gasteiger partial charge in [-0.05, 0) is 76.1 Å². The standard InChI is InChI=1S/C36H39F2N7O3/c1-3-27-28(38)11-8-21-14-26(46)15-29(30(21)27)48-35-40-32-31(45(35)23-6-4-7-23)33(43-18-24-9-10-25(19-43)42(24)2)41-34(39-32)47-20-36-12-5-13-44(36)17-22(37)16-36/h1,8,11,14-15,22-25,46H,4-7,9-10,12-13,16-20H2,2H3/t22-,24?,25?,36+/m1/s1. The van der Waals surface area contributed by atoms with Gasteiger partial charge in [0.25, 0.3) is 0 Å². The minimum absolute atomic E-state index is 0.0368. The first-order valence-electron chi connectivity index (χ1n) is 17.2. The number of phenolic OH excluding ortho intramolecular Hbond substituents is 1. The summed E-state index contributed by atoms with van der Waals surface area (Å²) in [6.45, 7) is 3.26. The molecule has 2 unspecified atom stereocenters. The van der Waals surface area contributed by atoms with Gasteiger partial charge in [-0.1, -0.05) is 12.0 Å². The molecule has 0 spiro atoms. The second-order valence-corrected chi connectivity index (χ2v) is 14.4. The van der Waals surface area contributed by atoms with Crippen LogP contribution in [0.15, 0.2) is 24.3 Å². The lowest BCUT2D eigenvalue weighted by molar-refractivity contribution is 0.107. The van der Waals surface area contributed by atoms with E-state index in [-0.39, 0.29) is 40.7 Å². The number of anilines is 1. The smallest absolute Gasteiger partial charge is 0.320 e. The number of aromatic hydroxyl groups is 1. The van der Waals surface area contributed by atoms with Crippen molar-refractivity contribution in [1.29, 1.82) is 0 Å². The second-order valence-electron chi connectivity index (χ2n) is 14.4. The van der Waals surface area contributed by atoms with Gasteiger partial charge in [-0.25, -0.2) is 8.78 Å². The molecule has 2 bridgehead atoms. The zero-order valence-corrected chi connectivity index (χ0v) is 27.0. The predicted molar refractivity (Wildman–Crippen MR) is 177 cm³/mol. The Balaban J connectivity index is 1.18. The topological polar surface area (TPSA) is 92.0 Å². The number of rotatable bonds is 7. The van der Waals surface area contributed by atoms with Gasteiger partial charge in [0.1, 0.15) is 35.6 Å². The van der Waals surface area contributed by atoms with Crippen LogP contribution in [0.2, 0.25) is 0 Å². The van der Waals surface area contributed by atoms with Gasteiger partial charge < -0.3 is 19.5 Å². The number of halogens is 2. The van der Waals surface area contributed by atoms with Crippen molar-refractivity contribution < 1.29 is 23.4 Å². The Bertz CT molecular complexity index is 1960. The molecule has 4 aliphatic heterocycles. The van der Waals surface area contributed by atoms with Gasteiger partial charge in [0.2, 0.25) is 0 Å². The molecule has 9 rings (SSSR count). The number of fused-ring (bicyclic) bond motifs is 5. The van der Waals surface area contributed by atoms with Crippen LogP contribution >= 0.6 is 0 Å². The van der Waals surface area contributed by atoms with Crippen molar-refractivity contribution in [3.63, 3.8) is 0 Å². The lowest BCUT2D eigenvalue weighted by Gasteiger charge is -2.40. The summed E-state index contributed by atoms with van der Waals surface area (Å²) in [7, 11) is 2.20. The van der Waals surface area contributed by atoms with Crippen LogP contribution in [0.3, 0.4) is 0 Å². The molecule has 10 nitrogen and oxygen atoms in total. The summed E-state index contributed by atoms with van der Waals surface area (Å²) < 4.78 is 44.5. The lowest BCUT2D eigenvalue weighted by Crippen LogP contribution is -2.52. The number of imidazole rings is 1. The van der Waals surface area contributed by atoms with Gasteiger partial charge in [0, 0.05) is 55.6 Å². The maximum absolute atomic E-state index is 14.9. The number of terminal acetylenes is 1. The first kappa shape index (κ1) is 29.9. The molecule has 5 aliphatic rings. The number of alkyl halides is 1. The van der Waals surface area contributed by atoms with Crippen LogP contribution < -0.4 is 14.4 Å². The zero-order valence-electron chi connectivity index (χ0n) is 27.0. The van der Waals surface area contributed by atoms with Crippen LogP contribution in [0.25, 0.3) is 21.9 Å². The molecule has 12 heteroatoms. The van der Waals surface area contributed by atoms with Crippen LogP contribution in [0, 0.1) is 18.2 Å². The molecular weight excluding hydrogens is 616 g/mol. The first-order chi connectivity index (χ1) is 23.3. The summed E-state index contributed by atoms with van der Waals surface area (Å²) >= 11 is 0. The van der Waals surface area contributed by atoms with Crippen molar-refractivity contribution in [3.05, 3.63) is 35.6 Å². The normalized spacial score (nSPS) is 27.5. The monoisotopic (exact) mass is 655 g/mol. The number of phenols is 1. The molecule has 4 saturated heterocycles. The van der Waals surface area contributed by atoms with E-state index in [4.69, 9.17) is 30.8 Å². The highest BCUT2D eigenvalue weighted by molar-refractivity contribution is 5.95. The highest BCUT2D eigenvalue weighted by atomic mass is 19.1. The van der Waals surface area contributed by atoms with E-state index in [2.05, 4.69) is 32.2 Å². The van der Waals surface area contributed by atoms with E-state index in [0.29, 0.717) is 48.1 Å². The maximum atomic E-state index is 14.9. The summed E-state index contributed by atoms with van der Waals surface area (Å²) in [5.74, 6) is 2.84. The molecule has 0 radical (unpaired) electrons. The summed E-state index contributed by atoms with van der Waals surface area (Å²) in [4.78, 5) is 21.9. The highest BCUT2D eigenvalue weighted by Gasteiger charge is 2.49. The molecule has 5 fully saturated rings. The molecule has 1 saturated carbocycles. The maximum Gasteiger partial charge on any atom is 0.320 e. The minimum Gasteiger partial charge on any atom is -0.508 e. The third-order valence-corrected chi connectivity index (χ3v) is 11.7. The van der Waals surface area contributed by atoms with E-state index in [0.717, 1.165) is 75.9 Å². The molecular formula is C36H39F2N7O3. The first-order valence-corrected chi connectivity index (χ1v) is 17.2. The number of hydrogen-bond donors (Lipinski definition) is 1. The number of aromatic nitrogens is 4. The lowest BCUT2D eigenvalue weighted by atomic mass is 9.93. The van der Waals surface area contributed by atoms with E-state index < -0.39 is 12.0 Å². The van der Waals surface area contributed by atoms with Gasteiger partial charge in [-0.3, -0.25) is 14.4 Å². The number of nitrogens with zero attached hydrogens (tertiary/aromatic N) is 7. The summed E-state index contributed by atoms with van der Waals surface area (Å²) in [6, 6.07) is 7.26. The van der Waals surface area contributed by atoms with Crippen molar-refractivity contribution >= 4 is 27.8 Å². The fourth-order valence-corrected chi connectivity index (χ4v) is 8.93. The molecule has 4 aromatic rings. The summed E-state index contributed by atoms with van der Waals surface area (Å²) in [6.07, 6.45) is 12.5. The molecule has 1 N–H and O–H groups in total. The number of likely N-dealkylation sites (N-methyl/N-ethyl adjacent to an activating group) is 1. The van der Waals surface area contributed by atoms with E-state index in [9.17, 15) is 13.9 Å². The minimum atomic E-state index is -0.858. The van der Waals surface area contributed by atoms with Crippen molar-refractivity contribution in [3.8, 4) is 35.9 Å². The van der Waals surface area contributed by atoms with Gasteiger partial charge in [-0.2, -0.15) is 15.0 Å². The van der Waals surface area contributed by atoms with Crippen molar-refractivity contribution in [1.82, 2.24) is 29.3 Å². The fraction of sp³-hybridized carbons (Fsp3) is 0.528. The zero-order chi connectivity index (χ0) is 32.7. The second kappa shape index (κ2) is 11.2. The van der Waals surface area contributed by atoms with Crippen LogP contribution in [0.5, 0.6) is 23.5 Å². The fourth-order valence-electron chi connectivity index (χ4n) is 8.93. The van der Waals surface area contributed by atoms with E-state index in [1.165, 1.54) is 18.2 Å². The molecule has 48 heavy (non-hydrogen) atoms. The van der Waals surface area contributed by atoms with E-state index in [1.807, 2.05) is 0 Å². The molecule has 1 aliphatic carbocycles. The van der Waals surface area contributed by atoms with Gasteiger partial charge >= 0.3 is 12.0 Å². The Hall–Kier alpha value is -4.21.